The Morgan fingerprint density at radius 3 is 2.78 bits per heavy atom. The van der Waals surface area contributed by atoms with E-state index in [0.29, 0.717) is 0 Å². The zero-order chi connectivity index (χ0) is 6.85. The molecule has 1 unspecified atom stereocenters. The highest BCUT2D eigenvalue weighted by molar-refractivity contribution is 5.75. The second-order valence-corrected chi connectivity index (χ2v) is 1.58. The average Bonchev–Trinajstić information content (AvgIpc) is 2.14. The molecule has 1 rings (SSSR count). The lowest BCUT2D eigenvalue weighted by molar-refractivity contribution is -0.522. The smallest absolute Gasteiger partial charge is 0.327 e. The van der Waals surface area contributed by atoms with E-state index in [9.17, 15) is 14.9 Å². The minimum atomic E-state index is -1.07. The van der Waals surface area contributed by atoms with Gasteiger partial charge in [-0.15, -0.1) is 0 Å². The molecule has 1 fully saturated rings. The van der Waals surface area contributed by atoms with E-state index in [4.69, 9.17) is 0 Å². The summed E-state index contributed by atoms with van der Waals surface area (Å²) in [4.78, 5) is 19.4. The van der Waals surface area contributed by atoms with Crippen LogP contribution in [-0.2, 0) is 0 Å². The van der Waals surface area contributed by atoms with Crippen LogP contribution in [0.2, 0.25) is 0 Å². The van der Waals surface area contributed by atoms with Crippen molar-refractivity contribution in [3.8, 4) is 0 Å². The van der Waals surface area contributed by atoms with Crippen LogP contribution in [0.15, 0.2) is 0 Å². The highest BCUT2D eigenvalue weighted by atomic mass is 16.6. The van der Waals surface area contributed by atoms with E-state index in [-0.39, 0.29) is 6.54 Å². The summed E-state index contributed by atoms with van der Waals surface area (Å²) in [7, 11) is 0. The normalized spacial score (nSPS) is 24.9. The monoisotopic (exact) mass is 130 g/mol. The van der Waals surface area contributed by atoms with Gasteiger partial charge in [0.25, 0.3) is 0 Å². The fourth-order valence-corrected chi connectivity index (χ4v) is 0.527. The number of urea groups is 1. The molecular weight excluding hydrogens is 126 g/mol. The highest BCUT2D eigenvalue weighted by Gasteiger charge is 2.31. The number of rotatable bonds is 1. The molecule has 1 aliphatic heterocycles. The summed E-state index contributed by atoms with van der Waals surface area (Å²) in [6.45, 7) is 0.0197. The largest absolute Gasteiger partial charge is 0.342 e. The number of nitrogens with one attached hydrogen (secondary N) is 1. The van der Waals surface area contributed by atoms with Gasteiger partial charge in [0.05, 0.1) is 0 Å². The standard InChI is InChI=1S/C3H4N3O3/c7-3-4-1-2(5-3)6(8)9/h2H,1H2,(H,4,7). The molecule has 6 heteroatoms. The fourth-order valence-electron chi connectivity index (χ4n) is 0.527. The summed E-state index contributed by atoms with van der Waals surface area (Å²) in [5, 5.41) is 15.2. The van der Waals surface area contributed by atoms with Gasteiger partial charge in [-0.05, 0) is 0 Å². The summed E-state index contributed by atoms with van der Waals surface area (Å²) >= 11 is 0. The molecule has 9 heavy (non-hydrogen) atoms. The van der Waals surface area contributed by atoms with Gasteiger partial charge in [0.2, 0.25) is 0 Å². The van der Waals surface area contributed by atoms with E-state index >= 15 is 0 Å². The van der Waals surface area contributed by atoms with Gasteiger partial charge in [-0.1, -0.05) is 0 Å². The molecule has 0 aliphatic carbocycles. The Morgan fingerprint density at radius 1 is 1.89 bits per heavy atom. The minimum Gasteiger partial charge on any atom is -0.327 e. The molecule has 0 aromatic carbocycles. The lowest BCUT2D eigenvalue weighted by atomic mass is 10.6. The quantitative estimate of drug-likeness (QED) is 0.361. The minimum absolute atomic E-state index is 0.0197. The highest BCUT2D eigenvalue weighted by Crippen LogP contribution is 1.91. The number of hydrogen-bond acceptors (Lipinski definition) is 3. The predicted octanol–water partition coefficient (Wildman–Crippen LogP) is -1.08. The van der Waals surface area contributed by atoms with E-state index < -0.39 is 17.1 Å². The number of carbonyl (C=O) groups excluding carboxylic acids is 1. The summed E-state index contributed by atoms with van der Waals surface area (Å²) in [6.07, 6.45) is -1.07. The number of nitro groups is 1. The third kappa shape index (κ3) is 1.07. The van der Waals surface area contributed by atoms with Gasteiger partial charge >= 0.3 is 12.2 Å². The van der Waals surface area contributed by atoms with Crippen LogP contribution in [0.5, 0.6) is 0 Å². The maximum atomic E-state index is 10.2. The zero-order valence-corrected chi connectivity index (χ0v) is 4.40. The molecule has 0 saturated carbocycles. The van der Waals surface area contributed by atoms with Gasteiger partial charge in [-0.2, -0.15) is 5.32 Å². The Labute approximate surface area is 50.4 Å². The molecular formula is C3H4N3O3. The van der Waals surface area contributed by atoms with E-state index in [2.05, 4.69) is 10.6 Å². The van der Waals surface area contributed by atoms with Crippen LogP contribution < -0.4 is 10.6 Å². The van der Waals surface area contributed by atoms with E-state index in [1.165, 1.54) is 0 Å². The van der Waals surface area contributed by atoms with Crippen molar-refractivity contribution in [2.75, 3.05) is 6.54 Å². The molecule has 1 atom stereocenters. The van der Waals surface area contributed by atoms with Crippen molar-refractivity contribution in [1.29, 1.82) is 0 Å². The number of carbonyl (C=O) groups is 1. The van der Waals surface area contributed by atoms with Crippen molar-refractivity contribution >= 4 is 6.03 Å². The van der Waals surface area contributed by atoms with Crippen LogP contribution >= 0.6 is 0 Å². The second kappa shape index (κ2) is 1.88. The lowest BCUT2D eigenvalue weighted by Gasteiger charge is -1.92. The van der Waals surface area contributed by atoms with Gasteiger partial charge < -0.3 is 5.32 Å². The zero-order valence-electron chi connectivity index (χ0n) is 4.40. The molecule has 1 saturated heterocycles. The Balaban J connectivity index is 2.48. The van der Waals surface area contributed by atoms with Crippen LogP contribution in [0, 0.1) is 10.1 Å². The Kier molecular flexibility index (Phi) is 1.21. The molecule has 0 aromatic heterocycles. The first-order valence-electron chi connectivity index (χ1n) is 2.32. The SMILES string of the molecule is O=C1[N]C([N+](=O)[O-])CN1. The summed E-state index contributed by atoms with van der Waals surface area (Å²) in [6, 6.07) is -0.600. The Morgan fingerprint density at radius 2 is 2.56 bits per heavy atom. The van der Waals surface area contributed by atoms with Crippen molar-refractivity contribution in [3.05, 3.63) is 10.1 Å². The number of nitrogens with zero attached hydrogens (tertiary/aromatic N) is 2. The van der Waals surface area contributed by atoms with Crippen LogP contribution in [0.3, 0.4) is 0 Å². The van der Waals surface area contributed by atoms with Gasteiger partial charge in [0.15, 0.2) is 0 Å². The van der Waals surface area contributed by atoms with E-state index in [0.717, 1.165) is 0 Å². The van der Waals surface area contributed by atoms with Crippen molar-refractivity contribution in [1.82, 2.24) is 10.6 Å². The Bertz CT molecular complexity index is 156. The second-order valence-electron chi connectivity index (χ2n) is 1.58. The first kappa shape index (κ1) is 5.80. The Hall–Kier alpha value is -1.33. The molecule has 0 spiro atoms. The molecule has 1 aliphatic rings. The van der Waals surface area contributed by atoms with Crippen molar-refractivity contribution < 1.29 is 9.72 Å². The van der Waals surface area contributed by atoms with Crippen LogP contribution in [0.1, 0.15) is 0 Å². The first-order chi connectivity index (χ1) is 4.20. The van der Waals surface area contributed by atoms with Gasteiger partial charge in [-0.3, -0.25) is 10.1 Å². The topological polar surface area (TPSA) is 86.3 Å². The predicted molar refractivity (Wildman–Crippen MR) is 26.3 cm³/mol. The van der Waals surface area contributed by atoms with Crippen molar-refractivity contribution in [3.63, 3.8) is 0 Å². The molecule has 2 amide bonds. The molecule has 1 N–H and O–H groups in total. The van der Waals surface area contributed by atoms with Gasteiger partial charge in [0.1, 0.15) is 6.54 Å². The summed E-state index contributed by atoms with van der Waals surface area (Å²) in [5.74, 6) is 0. The van der Waals surface area contributed by atoms with Crippen molar-refractivity contribution in [2.24, 2.45) is 0 Å². The third-order valence-corrected chi connectivity index (χ3v) is 0.945. The summed E-state index contributed by atoms with van der Waals surface area (Å²) in [5.41, 5.74) is 0. The molecule has 1 radical (unpaired) electrons. The van der Waals surface area contributed by atoms with Gasteiger partial charge in [0, 0.05) is 4.92 Å². The van der Waals surface area contributed by atoms with Crippen LogP contribution in [-0.4, -0.2) is 23.7 Å². The van der Waals surface area contributed by atoms with Crippen LogP contribution in [0.25, 0.3) is 0 Å². The van der Waals surface area contributed by atoms with E-state index in [1.54, 1.807) is 0 Å². The molecule has 1 heterocycles. The van der Waals surface area contributed by atoms with E-state index in [1.807, 2.05) is 0 Å². The molecule has 0 aromatic rings. The van der Waals surface area contributed by atoms with Crippen LogP contribution in [0.4, 0.5) is 4.79 Å². The number of amides is 2. The van der Waals surface area contributed by atoms with Crippen molar-refractivity contribution in [2.45, 2.75) is 6.17 Å². The average molecular weight is 130 g/mol. The molecule has 49 valence electrons. The third-order valence-electron chi connectivity index (χ3n) is 0.945. The summed E-state index contributed by atoms with van der Waals surface area (Å²) < 4.78 is 0. The maximum Gasteiger partial charge on any atom is 0.342 e. The lowest BCUT2D eigenvalue weighted by Crippen LogP contribution is -2.27. The first-order valence-corrected chi connectivity index (χ1v) is 2.32. The number of hydrogen-bond donors (Lipinski definition) is 1. The molecule has 6 nitrogen and oxygen atoms in total. The van der Waals surface area contributed by atoms with Gasteiger partial charge in [-0.25, -0.2) is 4.79 Å². The fraction of sp³-hybridized carbons (Fsp3) is 0.667. The molecule has 0 bridgehead atoms. The maximum absolute atomic E-state index is 10.2.